The van der Waals surface area contributed by atoms with Crippen molar-refractivity contribution in [2.75, 3.05) is 27.2 Å². The van der Waals surface area contributed by atoms with Crippen molar-refractivity contribution in [2.45, 2.75) is 64.3 Å². The summed E-state index contributed by atoms with van der Waals surface area (Å²) in [6.07, 6.45) is 10.1. The quantitative estimate of drug-likeness (QED) is 0.256. The lowest BCUT2D eigenvalue weighted by Gasteiger charge is -2.32. The van der Waals surface area contributed by atoms with Crippen LogP contribution in [0.4, 0.5) is 0 Å². The molecule has 0 aliphatic rings. The Kier molecular flexibility index (Phi) is 12.3. The summed E-state index contributed by atoms with van der Waals surface area (Å²) in [5.74, 6) is -2.55. The second-order valence-electron chi connectivity index (χ2n) is 6.07. The van der Waals surface area contributed by atoms with Crippen LogP contribution in [0.3, 0.4) is 0 Å². The standard InChI is InChI=1S/C14H32NO3.ClH/c1-4-5-6-7-8-9-10-11-12-15(2,3)13-14(16,17)18;/h16-18H,4-13H2,1-3H3;1H/q+1;/p-1. The lowest BCUT2D eigenvalue weighted by atomic mass is 10.1. The molecule has 0 aromatic carbocycles. The van der Waals surface area contributed by atoms with E-state index < -0.39 is 5.97 Å². The topological polar surface area (TPSA) is 60.7 Å². The average Bonchev–Trinajstić information content (AvgIpc) is 2.18. The van der Waals surface area contributed by atoms with E-state index in [1.54, 1.807) is 0 Å². The van der Waals surface area contributed by atoms with E-state index >= 15 is 0 Å². The van der Waals surface area contributed by atoms with Crippen molar-refractivity contribution in [2.24, 2.45) is 0 Å². The van der Waals surface area contributed by atoms with E-state index in [0.29, 0.717) is 4.48 Å². The van der Waals surface area contributed by atoms with Crippen LogP contribution in [0.25, 0.3) is 0 Å². The predicted octanol–water partition coefficient (Wildman–Crippen LogP) is -1.16. The van der Waals surface area contributed by atoms with E-state index in [9.17, 15) is 0 Å². The Morgan fingerprint density at radius 2 is 1.21 bits per heavy atom. The highest BCUT2D eigenvalue weighted by Crippen LogP contribution is 2.11. The van der Waals surface area contributed by atoms with Crippen molar-refractivity contribution in [3.05, 3.63) is 0 Å². The third-order valence-corrected chi connectivity index (χ3v) is 3.26. The first-order valence-corrected chi connectivity index (χ1v) is 7.26. The normalized spacial score (nSPS) is 12.3. The van der Waals surface area contributed by atoms with Crippen LogP contribution in [0.5, 0.6) is 0 Å². The molecular weight excluding hydrogens is 266 g/mol. The molecular formula is C14H32ClNO3. The molecule has 0 aromatic heterocycles. The summed E-state index contributed by atoms with van der Waals surface area (Å²) < 4.78 is 0.430. The zero-order valence-electron chi connectivity index (χ0n) is 12.7. The van der Waals surface area contributed by atoms with Gasteiger partial charge in [-0.15, -0.1) is 0 Å². The molecule has 0 fully saturated rings. The van der Waals surface area contributed by atoms with Gasteiger partial charge in [0.25, 0.3) is 0 Å². The number of quaternary nitrogens is 1. The Labute approximate surface area is 124 Å². The van der Waals surface area contributed by atoms with Gasteiger partial charge in [-0.2, -0.15) is 0 Å². The van der Waals surface area contributed by atoms with Crippen LogP contribution in [-0.2, 0) is 0 Å². The first-order chi connectivity index (χ1) is 8.27. The van der Waals surface area contributed by atoms with Crippen molar-refractivity contribution < 1.29 is 32.2 Å². The maximum atomic E-state index is 8.97. The number of nitrogens with zero attached hydrogens (tertiary/aromatic N) is 1. The fraction of sp³-hybridized carbons (Fsp3) is 1.00. The van der Waals surface area contributed by atoms with Crippen LogP contribution in [-0.4, -0.2) is 53.0 Å². The number of halogens is 1. The van der Waals surface area contributed by atoms with Gasteiger partial charge in [-0.05, 0) is 12.8 Å². The van der Waals surface area contributed by atoms with Crippen LogP contribution >= 0.6 is 0 Å². The molecule has 19 heavy (non-hydrogen) atoms. The number of hydrogen-bond donors (Lipinski definition) is 3. The number of rotatable bonds is 11. The number of hydrogen-bond acceptors (Lipinski definition) is 3. The molecule has 0 rings (SSSR count). The SMILES string of the molecule is CCCCCCCCCC[N+](C)(C)CC(O)(O)O.[Cl-]. The summed E-state index contributed by atoms with van der Waals surface area (Å²) in [4.78, 5) is 0. The zero-order chi connectivity index (χ0) is 14.1. The first-order valence-electron chi connectivity index (χ1n) is 7.26. The molecule has 0 aromatic rings. The average molecular weight is 298 g/mol. The highest BCUT2D eigenvalue weighted by molar-refractivity contribution is 4.48. The minimum absolute atomic E-state index is 0. The fourth-order valence-electron chi connectivity index (χ4n) is 2.33. The lowest BCUT2D eigenvalue weighted by molar-refractivity contribution is -0.905. The summed E-state index contributed by atoms with van der Waals surface area (Å²) in [5.41, 5.74) is 0. The smallest absolute Gasteiger partial charge is 0.328 e. The zero-order valence-corrected chi connectivity index (χ0v) is 13.5. The maximum Gasteiger partial charge on any atom is 0.328 e. The third-order valence-electron chi connectivity index (χ3n) is 3.26. The van der Waals surface area contributed by atoms with Gasteiger partial charge in [-0.25, -0.2) is 0 Å². The minimum Gasteiger partial charge on any atom is -1.00 e. The van der Waals surface area contributed by atoms with Crippen LogP contribution in [0.15, 0.2) is 0 Å². The summed E-state index contributed by atoms with van der Waals surface area (Å²) in [6, 6.07) is 0. The Morgan fingerprint density at radius 3 is 1.63 bits per heavy atom. The molecule has 0 saturated carbocycles. The van der Waals surface area contributed by atoms with Gasteiger partial charge in [0.2, 0.25) is 0 Å². The molecule has 0 atom stereocenters. The van der Waals surface area contributed by atoms with Crippen LogP contribution < -0.4 is 12.4 Å². The van der Waals surface area contributed by atoms with E-state index in [2.05, 4.69) is 6.92 Å². The predicted molar refractivity (Wildman–Crippen MR) is 73.8 cm³/mol. The molecule has 0 unspecified atom stereocenters. The van der Waals surface area contributed by atoms with Crippen LogP contribution in [0.2, 0.25) is 0 Å². The Balaban J connectivity index is 0. The van der Waals surface area contributed by atoms with Crippen molar-refractivity contribution in [3.63, 3.8) is 0 Å². The van der Waals surface area contributed by atoms with Gasteiger partial charge in [0, 0.05) is 0 Å². The van der Waals surface area contributed by atoms with E-state index in [1.165, 1.54) is 44.9 Å². The Hall–Kier alpha value is 0.130. The van der Waals surface area contributed by atoms with Gasteiger partial charge in [0.1, 0.15) is 0 Å². The van der Waals surface area contributed by atoms with Gasteiger partial charge in [0.15, 0.2) is 6.54 Å². The largest absolute Gasteiger partial charge is 1.00 e. The van der Waals surface area contributed by atoms with Gasteiger partial charge in [0.05, 0.1) is 20.6 Å². The summed E-state index contributed by atoms with van der Waals surface area (Å²) in [7, 11) is 3.80. The molecule has 0 saturated heterocycles. The molecule has 0 amide bonds. The summed E-state index contributed by atoms with van der Waals surface area (Å²) in [6.45, 7) is 3.03. The second-order valence-corrected chi connectivity index (χ2v) is 6.07. The minimum atomic E-state index is -2.55. The van der Waals surface area contributed by atoms with Gasteiger partial charge < -0.3 is 32.2 Å². The molecule has 4 nitrogen and oxygen atoms in total. The molecule has 0 bridgehead atoms. The van der Waals surface area contributed by atoms with Gasteiger partial charge in [-0.1, -0.05) is 45.4 Å². The van der Waals surface area contributed by atoms with E-state index in [0.717, 1.165) is 13.0 Å². The van der Waals surface area contributed by atoms with Crippen molar-refractivity contribution in [1.82, 2.24) is 0 Å². The van der Waals surface area contributed by atoms with Gasteiger partial charge >= 0.3 is 5.97 Å². The molecule has 0 spiro atoms. The van der Waals surface area contributed by atoms with Crippen LogP contribution in [0.1, 0.15) is 58.3 Å². The Bertz CT molecular complexity index is 205. The molecule has 0 aliphatic carbocycles. The monoisotopic (exact) mass is 297 g/mol. The summed E-state index contributed by atoms with van der Waals surface area (Å²) in [5, 5.41) is 26.9. The molecule has 0 radical (unpaired) electrons. The number of aliphatic hydroxyl groups is 3. The molecule has 3 N–H and O–H groups in total. The third kappa shape index (κ3) is 16.1. The first kappa shape index (κ1) is 21.4. The van der Waals surface area contributed by atoms with Crippen LogP contribution in [0, 0.1) is 0 Å². The summed E-state index contributed by atoms with van der Waals surface area (Å²) >= 11 is 0. The van der Waals surface area contributed by atoms with Crippen molar-refractivity contribution >= 4 is 0 Å². The molecule has 0 heterocycles. The second kappa shape index (κ2) is 10.9. The fourth-order valence-corrected chi connectivity index (χ4v) is 2.33. The van der Waals surface area contributed by atoms with Gasteiger partial charge in [-0.3, -0.25) is 0 Å². The Morgan fingerprint density at radius 1 is 0.789 bits per heavy atom. The van der Waals surface area contributed by atoms with Crippen molar-refractivity contribution in [1.29, 1.82) is 0 Å². The molecule has 5 heteroatoms. The number of likely N-dealkylation sites (N-methyl/N-ethyl adjacent to an activating group) is 1. The van der Waals surface area contributed by atoms with Crippen molar-refractivity contribution in [3.8, 4) is 0 Å². The van der Waals surface area contributed by atoms with E-state index in [4.69, 9.17) is 15.3 Å². The van der Waals surface area contributed by atoms with E-state index in [-0.39, 0.29) is 19.0 Å². The number of unbranched alkanes of at least 4 members (excludes halogenated alkanes) is 7. The highest BCUT2D eigenvalue weighted by Gasteiger charge is 2.30. The highest BCUT2D eigenvalue weighted by atomic mass is 35.5. The molecule has 118 valence electrons. The lowest BCUT2D eigenvalue weighted by Crippen LogP contribution is -3.00. The van der Waals surface area contributed by atoms with E-state index in [1.807, 2.05) is 14.1 Å². The molecule has 0 aliphatic heterocycles. The maximum absolute atomic E-state index is 8.97.